The van der Waals surface area contributed by atoms with E-state index in [1.54, 1.807) is 0 Å². The first kappa shape index (κ1) is 18.2. The molecule has 1 rings (SSSR count). The average molecular weight is 336 g/mol. The summed E-state index contributed by atoms with van der Waals surface area (Å²) in [6.45, 7) is 0. The molecule has 0 aromatic heterocycles. The molecule has 0 bridgehead atoms. The molecule has 120 valence electrons. The van der Waals surface area contributed by atoms with Crippen LogP contribution in [-0.4, -0.2) is 76.7 Å². The summed E-state index contributed by atoms with van der Waals surface area (Å²) in [6.07, 6.45) is -9.22. The molecule has 0 radical (unpaired) electrons. The van der Waals surface area contributed by atoms with Crippen molar-refractivity contribution in [3.8, 4) is 0 Å². The third kappa shape index (κ3) is 4.57. The van der Waals surface area contributed by atoms with Crippen molar-refractivity contribution in [2.45, 2.75) is 24.4 Å². The highest BCUT2D eigenvalue weighted by Gasteiger charge is 2.51. The van der Waals surface area contributed by atoms with E-state index in [4.69, 9.17) is 19.6 Å². The molecule has 0 amide bonds. The van der Waals surface area contributed by atoms with Crippen LogP contribution in [0.4, 0.5) is 0 Å². The van der Waals surface area contributed by atoms with Crippen LogP contribution in [0.3, 0.4) is 0 Å². The lowest BCUT2D eigenvalue weighted by atomic mass is 9.75. The molecule has 6 atom stereocenters. The minimum atomic E-state index is -4.62. The molecule has 0 saturated heterocycles. The van der Waals surface area contributed by atoms with Crippen molar-refractivity contribution in [1.82, 2.24) is 0 Å². The van der Waals surface area contributed by atoms with Crippen molar-refractivity contribution in [2.75, 3.05) is 12.3 Å². The third-order valence-electron chi connectivity index (χ3n) is 3.35. The summed E-state index contributed by atoms with van der Waals surface area (Å²) in [5.74, 6) is -3.01. The Labute approximate surface area is 114 Å². The first-order valence-corrected chi connectivity index (χ1v) is 9.24. The fourth-order valence-electron chi connectivity index (χ4n) is 2.40. The first-order chi connectivity index (χ1) is 8.83. The minimum absolute atomic E-state index is 0.966. The molecule has 0 aromatic rings. The van der Waals surface area contributed by atoms with Gasteiger partial charge in [0.2, 0.25) is 0 Å². The van der Waals surface area contributed by atoms with Crippen LogP contribution in [0.25, 0.3) is 0 Å². The van der Waals surface area contributed by atoms with Crippen LogP contribution in [0.1, 0.15) is 0 Å². The van der Waals surface area contributed by atoms with Gasteiger partial charge in [-0.3, -0.25) is 9.13 Å². The van der Waals surface area contributed by atoms with Crippen LogP contribution in [0, 0.1) is 11.8 Å². The maximum atomic E-state index is 10.9. The van der Waals surface area contributed by atoms with Crippen LogP contribution in [0.15, 0.2) is 0 Å². The molecule has 0 aromatic carbocycles. The lowest BCUT2D eigenvalue weighted by Crippen LogP contribution is -2.59. The summed E-state index contributed by atoms with van der Waals surface area (Å²) in [4.78, 5) is 35.3. The lowest BCUT2D eigenvalue weighted by molar-refractivity contribution is -0.169. The second-order valence-corrected chi connectivity index (χ2v) is 8.37. The Balaban J connectivity index is 2.96. The van der Waals surface area contributed by atoms with Crippen LogP contribution >= 0.6 is 15.2 Å². The number of hydrogen-bond acceptors (Lipinski definition) is 6. The maximum Gasteiger partial charge on any atom is 0.326 e. The van der Waals surface area contributed by atoms with Gasteiger partial charge in [-0.25, -0.2) is 0 Å². The van der Waals surface area contributed by atoms with Gasteiger partial charge in [0.05, 0.1) is 36.7 Å². The minimum Gasteiger partial charge on any atom is -0.390 e. The Morgan fingerprint density at radius 3 is 0.950 bits per heavy atom. The molecule has 1 aliphatic carbocycles. The van der Waals surface area contributed by atoms with E-state index in [1.807, 2.05) is 0 Å². The average Bonchev–Trinajstić information content (AvgIpc) is 2.25. The Morgan fingerprint density at radius 2 is 0.800 bits per heavy atom. The second kappa shape index (κ2) is 6.10. The lowest BCUT2D eigenvalue weighted by Gasteiger charge is -2.44. The quantitative estimate of drug-likeness (QED) is 0.245. The van der Waals surface area contributed by atoms with E-state index >= 15 is 0 Å². The molecule has 1 aliphatic rings. The highest BCUT2D eigenvalue weighted by Crippen LogP contribution is 2.46. The van der Waals surface area contributed by atoms with Crippen molar-refractivity contribution >= 4 is 15.2 Å². The largest absolute Gasteiger partial charge is 0.390 e. The molecule has 1 fully saturated rings. The Kier molecular flexibility index (Phi) is 5.55. The van der Waals surface area contributed by atoms with E-state index in [0.717, 1.165) is 0 Å². The van der Waals surface area contributed by atoms with Crippen LogP contribution in [-0.2, 0) is 9.13 Å². The predicted molar refractivity (Wildman–Crippen MR) is 64.8 cm³/mol. The summed E-state index contributed by atoms with van der Waals surface area (Å²) in [7, 11) is -9.24. The zero-order valence-electron chi connectivity index (χ0n) is 10.2. The van der Waals surface area contributed by atoms with Gasteiger partial charge >= 0.3 is 15.2 Å². The van der Waals surface area contributed by atoms with E-state index in [9.17, 15) is 29.6 Å². The Hall–Kier alpha value is 0.140. The standard InChI is InChI=1S/C8H18O10P2/c9-5-3(1-19(13,14)15)6(10)8(12)4(7(5)11)2-20(16,17)18/h3-12H,1-2H2,(H2,13,14,15)(H2,16,17,18)/t3?,4?,5-,6-,7-,8+/m0/s1. The zero-order chi connectivity index (χ0) is 15.9. The molecule has 0 spiro atoms. The monoisotopic (exact) mass is 336 g/mol. The van der Waals surface area contributed by atoms with Crippen molar-refractivity contribution in [3.63, 3.8) is 0 Å². The van der Waals surface area contributed by atoms with Gasteiger partial charge in [-0.1, -0.05) is 0 Å². The van der Waals surface area contributed by atoms with E-state index < -0.39 is 63.8 Å². The molecule has 20 heavy (non-hydrogen) atoms. The predicted octanol–water partition coefficient (Wildman–Crippen LogP) is -2.97. The smallest absolute Gasteiger partial charge is 0.326 e. The molecular weight excluding hydrogens is 318 g/mol. The van der Waals surface area contributed by atoms with Gasteiger partial charge in [0.25, 0.3) is 0 Å². The van der Waals surface area contributed by atoms with Crippen molar-refractivity contribution < 1.29 is 49.1 Å². The Morgan fingerprint density at radius 1 is 0.600 bits per heavy atom. The van der Waals surface area contributed by atoms with E-state index in [0.29, 0.717) is 0 Å². The van der Waals surface area contributed by atoms with Crippen LogP contribution in [0.2, 0.25) is 0 Å². The molecule has 12 heteroatoms. The molecule has 0 aliphatic heterocycles. The van der Waals surface area contributed by atoms with E-state index in [1.165, 1.54) is 0 Å². The van der Waals surface area contributed by atoms with Gasteiger partial charge in [0.15, 0.2) is 0 Å². The normalized spacial score (nSPS) is 39.8. The zero-order valence-corrected chi connectivity index (χ0v) is 12.0. The topological polar surface area (TPSA) is 196 Å². The SMILES string of the molecule is O=P(O)(O)CC1[C@@H](O)[C@@H](O)C(CP(=O)(O)O)[C@H](O)[C@H]1O. The first-order valence-electron chi connectivity index (χ1n) is 5.65. The molecule has 1 saturated carbocycles. The maximum absolute atomic E-state index is 10.9. The summed E-state index contributed by atoms with van der Waals surface area (Å²) in [6, 6.07) is 0. The molecule has 10 nitrogen and oxygen atoms in total. The summed E-state index contributed by atoms with van der Waals surface area (Å²) in [5.41, 5.74) is 0. The molecule has 0 heterocycles. The summed E-state index contributed by atoms with van der Waals surface area (Å²) < 4.78 is 21.8. The Bertz CT molecular complexity index is 373. The highest BCUT2D eigenvalue weighted by molar-refractivity contribution is 7.52. The number of aliphatic hydroxyl groups excluding tert-OH is 4. The number of hydrogen-bond donors (Lipinski definition) is 8. The third-order valence-corrected chi connectivity index (χ3v) is 5.15. The van der Waals surface area contributed by atoms with E-state index in [-0.39, 0.29) is 0 Å². The van der Waals surface area contributed by atoms with Crippen molar-refractivity contribution in [3.05, 3.63) is 0 Å². The van der Waals surface area contributed by atoms with Crippen molar-refractivity contribution in [1.29, 1.82) is 0 Å². The second-order valence-electron chi connectivity index (χ2n) is 4.98. The van der Waals surface area contributed by atoms with Crippen molar-refractivity contribution in [2.24, 2.45) is 11.8 Å². The molecule has 2 unspecified atom stereocenters. The van der Waals surface area contributed by atoms with Gasteiger partial charge in [-0.2, -0.15) is 0 Å². The van der Waals surface area contributed by atoms with Gasteiger partial charge in [0, 0.05) is 11.8 Å². The number of rotatable bonds is 4. The van der Waals surface area contributed by atoms with Crippen LogP contribution in [0.5, 0.6) is 0 Å². The van der Waals surface area contributed by atoms with Crippen LogP contribution < -0.4 is 0 Å². The molecule has 8 N–H and O–H groups in total. The highest BCUT2D eigenvalue weighted by atomic mass is 31.2. The van der Waals surface area contributed by atoms with Gasteiger partial charge in [-0.05, 0) is 0 Å². The molecular formula is C8H18O10P2. The van der Waals surface area contributed by atoms with Gasteiger partial charge < -0.3 is 40.0 Å². The fourth-order valence-corrected chi connectivity index (χ4v) is 4.36. The summed E-state index contributed by atoms with van der Waals surface area (Å²) in [5, 5.41) is 39.0. The number of aliphatic hydroxyl groups is 4. The fraction of sp³-hybridized carbons (Fsp3) is 1.00. The van der Waals surface area contributed by atoms with Gasteiger partial charge in [-0.15, -0.1) is 0 Å². The van der Waals surface area contributed by atoms with E-state index in [2.05, 4.69) is 0 Å². The summed E-state index contributed by atoms with van der Waals surface area (Å²) >= 11 is 0. The van der Waals surface area contributed by atoms with Gasteiger partial charge in [0.1, 0.15) is 0 Å².